The number of amides is 1. The predicted octanol–water partition coefficient (Wildman–Crippen LogP) is 4.13. The van der Waals surface area contributed by atoms with Crippen LogP contribution in [0.15, 0.2) is 29.3 Å². The predicted molar refractivity (Wildman–Crippen MR) is 104 cm³/mol. The third-order valence-electron chi connectivity index (χ3n) is 2.67. The fourth-order valence-electron chi connectivity index (χ4n) is 1.60. The summed E-state index contributed by atoms with van der Waals surface area (Å²) in [6.45, 7) is 8.03. The van der Waals surface area contributed by atoms with E-state index in [1.54, 1.807) is 24.8 Å². The van der Waals surface area contributed by atoms with Gasteiger partial charge in [0.25, 0.3) is 0 Å². The smallest absolute Gasteiger partial charge is 0.407 e. The molecule has 0 aliphatic rings. The average Bonchev–Trinajstić information content (AvgIpc) is 2.55. The topological polar surface area (TPSA) is 89.9 Å². The molecular weight excluding hydrogens is 422 g/mol. The molecule has 2 aromatic heterocycles. The quantitative estimate of drug-likeness (QED) is 0.563. The first-order chi connectivity index (χ1) is 12.2. The molecule has 2 aromatic rings. The van der Waals surface area contributed by atoms with Crippen molar-refractivity contribution in [3.8, 4) is 0 Å². The number of carbonyl (C=O) groups excluding carboxylic acids is 1. The van der Waals surface area contributed by atoms with Crippen LogP contribution in [0.3, 0.4) is 0 Å². The minimum atomic E-state index is -0.454. The van der Waals surface area contributed by atoms with Crippen LogP contribution in [-0.4, -0.2) is 38.2 Å². The van der Waals surface area contributed by atoms with Gasteiger partial charge in [-0.2, -0.15) is 0 Å². The number of nitrogens with zero attached hydrogens (tertiary/aromatic N) is 4. The van der Waals surface area contributed by atoms with Crippen LogP contribution in [0.1, 0.15) is 38.6 Å². The lowest BCUT2D eigenvalue weighted by molar-refractivity contribution is 0.0527. The summed E-state index contributed by atoms with van der Waals surface area (Å²) in [6, 6.07) is 0. The van der Waals surface area contributed by atoms with Gasteiger partial charge in [0.1, 0.15) is 11.4 Å². The van der Waals surface area contributed by atoms with Crippen molar-refractivity contribution >= 4 is 33.6 Å². The second kappa shape index (κ2) is 11.0. The van der Waals surface area contributed by atoms with E-state index >= 15 is 0 Å². The van der Waals surface area contributed by atoms with Crippen molar-refractivity contribution in [1.82, 2.24) is 25.3 Å². The van der Waals surface area contributed by atoms with E-state index in [1.807, 2.05) is 27.7 Å². The molecule has 0 fully saturated rings. The molecule has 0 saturated carbocycles. The maximum atomic E-state index is 11.4. The summed E-state index contributed by atoms with van der Waals surface area (Å²) in [6.07, 6.45) is 7.93. The Balaban J connectivity index is 0.000000350. The van der Waals surface area contributed by atoms with Gasteiger partial charge in [0.15, 0.2) is 0 Å². The Hall–Kier alpha value is -1.80. The Bertz CT molecular complexity index is 654. The SMILES string of the molecule is Cc1cnc(CCCNC(=O)OC(C)(C)C)nc1.Clc1ncc(Br)cn1. The van der Waals surface area contributed by atoms with Gasteiger partial charge in [0.2, 0.25) is 5.28 Å². The fourth-order valence-corrected chi connectivity index (χ4v) is 1.90. The molecule has 2 heterocycles. The summed E-state index contributed by atoms with van der Waals surface area (Å²) in [7, 11) is 0. The lowest BCUT2D eigenvalue weighted by atomic mass is 10.2. The lowest BCUT2D eigenvalue weighted by Gasteiger charge is -2.19. The van der Waals surface area contributed by atoms with Crippen LogP contribution in [-0.2, 0) is 11.2 Å². The minimum absolute atomic E-state index is 0.271. The molecular formula is C17H23BrClN5O2. The Morgan fingerprint density at radius 3 is 2.23 bits per heavy atom. The number of aromatic nitrogens is 4. The van der Waals surface area contributed by atoms with Gasteiger partial charge in [-0.15, -0.1) is 0 Å². The third-order valence-corrected chi connectivity index (χ3v) is 3.27. The zero-order valence-corrected chi connectivity index (χ0v) is 17.6. The van der Waals surface area contributed by atoms with Crippen molar-refractivity contribution in [1.29, 1.82) is 0 Å². The standard InChI is InChI=1S/C13H21N3O2.C4H2BrClN2/c1-10-8-15-11(16-9-10)6-5-7-14-12(17)18-13(2,3)4;5-3-1-7-4(6)8-2-3/h8-9H,5-7H2,1-4H3,(H,14,17);1-2H. The van der Waals surface area contributed by atoms with E-state index in [-0.39, 0.29) is 11.4 Å². The van der Waals surface area contributed by atoms with E-state index in [2.05, 4.69) is 41.2 Å². The zero-order chi connectivity index (χ0) is 19.6. The van der Waals surface area contributed by atoms with Crippen LogP contribution in [0.5, 0.6) is 0 Å². The molecule has 1 N–H and O–H groups in total. The highest BCUT2D eigenvalue weighted by Gasteiger charge is 2.15. The van der Waals surface area contributed by atoms with Gasteiger partial charge < -0.3 is 10.1 Å². The molecule has 0 aliphatic heterocycles. The van der Waals surface area contributed by atoms with Gasteiger partial charge in [-0.25, -0.2) is 24.7 Å². The van der Waals surface area contributed by atoms with Gasteiger partial charge >= 0.3 is 6.09 Å². The van der Waals surface area contributed by atoms with Crippen molar-refractivity contribution in [2.45, 2.75) is 46.1 Å². The Morgan fingerprint density at radius 1 is 1.15 bits per heavy atom. The highest BCUT2D eigenvalue weighted by molar-refractivity contribution is 9.10. The van der Waals surface area contributed by atoms with Crippen LogP contribution in [0.25, 0.3) is 0 Å². The van der Waals surface area contributed by atoms with Crippen LogP contribution in [0.2, 0.25) is 5.28 Å². The molecule has 0 atom stereocenters. The van der Waals surface area contributed by atoms with E-state index in [0.29, 0.717) is 6.54 Å². The van der Waals surface area contributed by atoms with Crippen LogP contribution < -0.4 is 5.32 Å². The molecule has 26 heavy (non-hydrogen) atoms. The summed E-state index contributed by atoms with van der Waals surface area (Å²) >= 11 is 8.53. The second-order valence-electron chi connectivity index (χ2n) is 6.38. The highest BCUT2D eigenvalue weighted by Crippen LogP contribution is 2.07. The van der Waals surface area contributed by atoms with E-state index in [1.165, 1.54) is 0 Å². The number of hydrogen-bond acceptors (Lipinski definition) is 6. The van der Waals surface area contributed by atoms with Gasteiger partial charge in [-0.1, -0.05) is 0 Å². The molecule has 9 heteroatoms. The molecule has 0 saturated heterocycles. The van der Waals surface area contributed by atoms with Crippen LogP contribution in [0, 0.1) is 6.92 Å². The molecule has 2 rings (SSSR count). The largest absolute Gasteiger partial charge is 0.444 e. The number of ether oxygens (including phenoxy) is 1. The van der Waals surface area contributed by atoms with Crippen molar-refractivity contribution in [3.63, 3.8) is 0 Å². The van der Waals surface area contributed by atoms with Crippen LogP contribution in [0.4, 0.5) is 4.79 Å². The summed E-state index contributed by atoms with van der Waals surface area (Å²) in [5, 5.41) is 2.98. The molecule has 0 aliphatic carbocycles. The molecule has 1 amide bonds. The molecule has 0 spiro atoms. The third kappa shape index (κ3) is 10.9. The van der Waals surface area contributed by atoms with Gasteiger partial charge in [-0.05, 0) is 67.2 Å². The van der Waals surface area contributed by atoms with Crippen LogP contribution >= 0.6 is 27.5 Å². The van der Waals surface area contributed by atoms with E-state index in [0.717, 1.165) is 28.7 Å². The first kappa shape index (κ1) is 22.2. The Morgan fingerprint density at radius 2 is 1.73 bits per heavy atom. The molecule has 0 bridgehead atoms. The van der Waals surface area contributed by atoms with Gasteiger partial charge in [0.05, 0.1) is 4.47 Å². The van der Waals surface area contributed by atoms with Gasteiger partial charge in [-0.3, -0.25) is 0 Å². The fraction of sp³-hybridized carbons (Fsp3) is 0.471. The summed E-state index contributed by atoms with van der Waals surface area (Å²) in [5.41, 5.74) is 0.593. The molecule has 7 nitrogen and oxygen atoms in total. The number of nitrogens with one attached hydrogen (secondary N) is 1. The molecule has 0 radical (unpaired) electrons. The lowest BCUT2D eigenvalue weighted by Crippen LogP contribution is -2.33. The maximum Gasteiger partial charge on any atom is 0.407 e. The van der Waals surface area contributed by atoms with E-state index in [4.69, 9.17) is 16.3 Å². The normalized spacial score (nSPS) is 10.5. The first-order valence-corrected chi connectivity index (χ1v) is 9.20. The van der Waals surface area contributed by atoms with Crippen molar-refractivity contribution in [3.05, 3.63) is 45.9 Å². The van der Waals surface area contributed by atoms with E-state index < -0.39 is 5.60 Å². The number of halogens is 2. The average molecular weight is 445 g/mol. The number of aryl methyl sites for hydroxylation is 2. The summed E-state index contributed by atoms with van der Waals surface area (Å²) in [4.78, 5) is 27.1. The number of alkyl carbamates (subject to hydrolysis) is 1. The van der Waals surface area contributed by atoms with Crippen molar-refractivity contribution < 1.29 is 9.53 Å². The van der Waals surface area contributed by atoms with Crippen molar-refractivity contribution in [2.24, 2.45) is 0 Å². The molecule has 0 unspecified atom stereocenters. The van der Waals surface area contributed by atoms with E-state index in [9.17, 15) is 4.79 Å². The number of rotatable bonds is 4. The first-order valence-electron chi connectivity index (χ1n) is 8.03. The summed E-state index contributed by atoms with van der Waals surface area (Å²) in [5.74, 6) is 0.798. The molecule has 0 aromatic carbocycles. The number of carbonyl (C=O) groups is 1. The monoisotopic (exact) mass is 443 g/mol. The zero-order valence-electron chi connectivity index (χ0n) is 15.3. The number of hydrogen-bond donors (Lipinski definition) is 1. The minimum Gasteiger partial charge on any atom is -0.444 e. The Kier molecular flexibility index (Phi) is 9.43. The Labute approximate surface area is 167 Å². The highest BCUT2D eigenvalue weighted by atomic mass is 79.9. The summed E-state index contributed by atoms with van der Waals surface area (Å²) < 4.78 is 5.96. The maximum absolute atomic E-state index is 11.4. The molecule has 142 valence electrons. The van der Waals surface area contributed by atoms with Crippen molar-refractivity contribution in [2.75, 3.05) is 6.54 Å². The second-order valence-corrected chi connectivity index (χ2v) is 7.63. The van der Waals surface area contributed by atoms with Gasteiger partial charge in [0, 0.05) is 37.8 Å².